The number of hydrogen-bond acceptors (Lipinski definition) is 5. The number of nitrogens with zero attached hydrogens (tertiary/aromatic N) is 2. The van der Waals surface area contributed by atoms with E-state index in [1.165, 1.54) is 12.4 Å². The maximum absolute atomic E-state index is 12.2. The van der Waals surface area contributed by atoms with E-state index < -0.39 is 0 Å². The molecule has 2 aromatic carbocycles. The lowest BCUT2D eigenvalue weighted by molar-refractivity contribution is 0.102. The van der Waals surface area contributed by atoms with Crippen LogP contribution in [0.3, 0.4) is 0 Å². The largest absolute Gasteiger partial charge is 0.497 e. The third-order valence-electron chi connectivity index (χ3n) is 3.68. The lowest BCUT2D eigenvalue weighted by Crippen LogP contribution is -2.14. The fourth-order valence-electron chi connectivity index (χ4n) is 2.20. The average Bonchev–Trinajstić information content (AvgIpc) is 2.66. The summed E-state index contributed by atoms with van der Waals surface area (Å²) < 4.78 is 5.08. The van der Waals surface area contributed by atoms with Crippen LogP contribution in [-0.4, -0.2) is 23.0 Å². The molecule has 0 radical (unpaired) electrons. The second-order valence-corrected chi connectivity index (χ2v) is 5.97. The highest BCUT2D eigenvalue weighted by molar-refractivity contribution is 6.31. The number of nitrogens with one attached hydrogen (secondary N) is 2. The van der Waals surface area contributed by atoms with Crippen molar-refractivity contribution < 1.29 is 9.53 Å². The Hall–Kier alpha value is -3.12. The lowest BCUT2D eigenvalue weighted by atomic mass is 10.2. The molecule has 0 aliphatic rings. The Morgan fingerprint density at radius 2 is 1.77 bits per heavy atom. The van der Waals surface area contributed by atoms with Crippen LogP contribution in [0, 0.1) is 6.92 Å². The molecule has 1 aromatic heterocycles. The second-order valence-electron chi connectivity index (χ2n) is 5.56. The minimum absolute atomic E-state index is 0.216. The maximum atomic E-state index is 12.2. The highest BCUT2D eigenvalue weighted by Gasteiger charge is 2.09. The molecule has 0 fully saturated rings. The van der Waals surface area contributed by atoms with Crippen LogP contribution < -0.4 is 15.4 Å². The molecule has 0 aliphatic carbocycles. The summed E-state index contributed by atoms with van der Waals surface area (Å²) in [7, 11) is 1.59. The molecule has 0 spiro atoms. The number of ether oxygens (including phenoxy) is 1. The average molecular weight is 369 g/mol. The van der Waals surface area contributed by atoms with Gasteiger partial charge in [-0.3, -0.25) is 4.79 Å². The van der Waals surface area contributed by atoms with Gasteiger partial charge in [0.2, 0.25) is 0 Å². The number of rotatable bonds is 5. The van der Waals surface area contributed by atoms with E-state index in [1.807, 2.05) is 25.1 Å². The lowest BCUT2D eigenvalue weighted by Gasteiger charge is -2.08. The van der Waals surface area contributed by atoms with Crippen LogP contribution >= 0.6 is 11.6 Å². The first-order chi connectivity index (χ1) is 12.5. The number of anilines is 3. The Morgan fingerprint density at radius 1 is 1.04 bits per heavy atom. The van der Waals surface area contributed by atoms with Gasteiger partial charge >= 0.3 is 0 Å². The predicted molar refractivity (Wildman–Crippen MR) is 102 cm³/mol. The minimum atomic E-state index is -0.340. The summed E-state index contributed by atoms with van der Waals surface area (Å²) in [6.07, 6.45) is 2.91. The SMILES string of the molecule is COc1ccc(NC(=O)c2cnc(Nc3ccc(C)c(Cl)c3)cn2)cc1. The van der Waals surface area contributed by atoms with Crippen LogP contribution in [0.25, 0.3) is 0 Å². The van der Waals surface area contributed by atoms with Gasteiger partial charge in [0, 0.05) is 16.4 Å². The number of methoxy groups -OCH3 is 1. The normalized spacial score (nSPS) is 10.3. The van der Waals surface area contributed by atoms with E-state index in [-0.39, 0.29) is 11.6 Å². The molecule has 6 nitrogen and oxygen atoms in total. The van der Waals surface area contributed by atoms with Crippen LogP contribution in [0.2, 0.25) is 5.02 Å². The molecule has 0 bridgehead atoms. The van der Waals surface area contributed by atoms with Gasteiger partial charge in [-0.2, -0.15) is 0 Å². The molecule has 26 heavy (non-hydrogen) atoms. The van der Waals surface area contributed by atoms with Crippen molar-refractivity contribution >= 4 is 34.7 Å². The Labute approximate surface area is 156 Å². The fourth-order valence-corrected chi connectivity index (χ4v) is 2.38. The third-order valence-corrected chi connectivity index (χ3v) is 4.08. The van der Waals surface area contributed by atoms with E-state index in [1.54, 1.807) is 31.4 Å². The zero-order valence-corrected chi connectivity index (χ0v) is 15.0. The number of benzene rings is 2. The summed E-state index contributed by atoms with van der Waals surface area (Å²) in [5.74, 6) is 0.896. The number of aromatic nitrogens is 2. The molecule has 0 atom stereocenters. The van der Waals surface area contributed by atoms with Gasteiger partial charge in [0.15, 0.2) is 0 Å². The maximum Gasteiger partial charge on any atom is 0.275 e. The van der Waals surface area contributed by atoms with Crippen LogP contribution in [-0.2, 0) is 0 Å². The molecule has 3 rings (SSSR count). The van der Waals surface area contributed by atoms with Crippen molar-refractivity contribution in [2.75, 3.05) is 17.7 Å². The van der Waals surface area contributed by atoms with E-state index in [9.17, 15) is 4.79 Å². The number of amides is 1. The van der Waals surface area contributed by atoms with E-state index in [0.29, 0.717) is 16.5 Å². The van der Waals surface area contributed by atoms with Crippen molar-refractivity contribution in [3.63, 3.8) is 0 Å². The molecule has 0 saturated carbocycles. The Balaban J connectivity index is 1.66. The summed E-state index contributed by atoms with van der Waals surface area (Å²) in [6, 6.07) is 12.6. The molecular formula is C19H17ClN4O2. The van der Waals surface area contributed by atoms with Gasteiger partial charge in [-0.25, -0.2) is 9.97 Å². The van der Waals surface area contributed by atoms with E-state index >= 15 is 0 Å². The highest BCUT2D eigenvalue weighted by atomic mass is 35.5. The number of aryl methyl sites for hydroxylation is 1. The van der Waals surface area contributed by atoms with Gasteiger partial charge in [-0.05, 0) is 48.9 Å². The van der Waals surface area contributed by atoms with Gasteiger partial charge in [0.25, 0.3) is 5.91 Å². The smallest absolute Gasteiger partial charge is 0.275 e. The summed E-state index contributed by atoms with van der Waals surface area (Å²) >= 11 is 6.11. The first kappa shape index (κ1) is 17.7. The monoisotopic (exact) mass is 368 g/mol. The summed E-state index contributed by atoms with van der Waals surface area (Å²) in [5, 5.41) is 6.52. The van der Waals surface area contributed by atoms with Gasteiger partial charge in [0.1, 0.15) is 17.3 Å². The zero-order chi connectivity index (χ0) is 18.5. The number of halogens is 1. The molecule has 0 unspecified atom stereocenters. The van der Waals surface area contributed by atoms with Gasteiger partial charge in [-0.15, -0.1) is 0 Å². The molecule has 3 aromatic rings. The number of carbonyl (C=O) groups excluding carboxylic acids is 1. The van der Waals surface area contributed by atoms with Crippen LogP contribution in [0.1, 0.15) is 16.1 Å². The highest BCUT2D eigenvalue weighted by Crippen LogP contribution is 2.22. The predicted octanol–water partition coefficient (Wildman–Crippen LogP) is 4.44. The van der Waals surface area contributed by atoms with E-state index in [0.717, 1.165) is 17.0 Å². The first-order valence-electron chi connectivity index (χ1n) is 7.86. The van der Waals surface area contributed by atoms with Crippen LogP contribution in [0.15, 0.2) is 54.9 Å². The first-order valence-corrected chi connectivity index (χ1v) is 8.23. The summed E-state index contributed by atoms with van der Waals surface area (Å²) in [4.78, 5) is 20.6. The van der Waals surface area contributed by atoms with Crippen molar-refractivity contribution in [3.8, 4) is 5.75 Å². The second kappa shape index (κ2) is 7.84. The van der Waals surface area contributed by atoms with Crippen molar-refractivity contribution in [1.29, 1.82) is 0 Å². The standard InChI is InChI=1S/C19H17ClN4O2/c1-12-3-4-14(9-16(12)20)23-18-11-21-17(10-22-18)19(25)24-13-5-7-15(26-2)8-6-13/h3-11H,1-2H3,(H,22,23)(H,24,25). The molecule has 0 saturated heterocycles. The molecule has 1 amide bonds. The molecule has 0 aliphatic heterocycles. The topological polar surface area (TPSA) is 76.1 Å². The molecule has 132 valence electrons. The zero-order valence-electron chi connectivity index (χ0n) is 14.3. The van der Waals surface area contributed by atoms with E-state index in [4.69, 9.17) is 16.3 Å². The van der Waals surface area contributed by atoms with Gasteiger partial charge in [0.05, 0.1) is 19.5 Å². The Bertz CT molecular complexity index is 912. The quantitative estimate of drug-likeness (QED) is 0.696. The Morgan fingerprint density at radius 3 is 2.38 bits per heavy atom. The van der Waals surface area contributed by atoms with Crippen LogP contribution in [0.5, 0.6) is 5.75 Å². The Kier molecular flexibility index (Phi) is 5.34. The molecular weight excluding hydrogens is 352 g/mol. The van der Waals surface area contributed by atoms with E-state index in [2.05, 4.69) is 20.6 Å². The third kappa shape index (κ3) is 4.29. The number of hydrogen-bond donors (Lipinski definition) is 2. The molecule has 1 heterocycles. The summed E-state index contributed by atoms with van der Waals surface area (Å²) in [6.45, 7) is 1.93. The molecule has 7 heteroatoms. The summed E-state index contributed by atoms with van der Waals surface area (Å²) in [5.41, 5.74) is 2.65. The fraction of sp³-hybridized carbons (Fsp3) is 0.105. The van der Waals surface area contributed by atoms with Crippen molar-refractivity contribution in [3.05, 3.63) is 71.1 Å². The van der Waals surface area contributed by atoms with Crippen molar-refractivity contribution in [1.82, 2.24) is 9.97 Å². The number of carbonyl (C=O) groups is 1. The molecule has 2 N–H and O–H groups in total. The van der Waals surface area contributed by atoms with Gasteiger partial charge < -0.3 is 15.4 Å². The van der Waals surface area contributed by atoms with Crippen molar-refractivity contribution in [2.24, 2.45) is 0 Å². The minimum Gasteiger partial charge on any atom is -0.497 e. The van der Waals surface area contributed by atoms with Crippen molar-refractivity contribution in [2.45, 2.75) is 6.92 Å². The van der Waals surface area contributed by atoms with Gasteiger partial charge in [-0.1, -0.05) is 17.7 Å². The van der Waals surface area contributed by atoms with Crippen LogP contribution in [0.4, 0.5) is 17.2 Å².